The van der Waals surface area contributed by atoms with E-state index in [-0.39, 0.29) is 5.95 Å². The fourth-order valence-corrected chi connectivity index (χ4v) is 2.34. The molecule has 1 aliphatic heterocycles. The SMILES string of the molecule is CCc1cccc(-c2nc(N)nc(N3CCOCC3)n2)c1. The van der Waals surface area contributed by atoms with Crippen molar-refractivity contribution in [3.63, 3.8) is 0 Å². The van der Waals surface area contributed by atoms with Gasteiger partial charge >= 0.3 is 0 Å². The molecule has 110 valence electrons. The van der Waals surface area contributed by atoms with Gasteiger partial charge in [0.05, 0.1) is 13.2 Å². The third kappa shape index (κ3) is 3.11. The number of hydrogen-bond donors (Lipinski definition) is 1. The predicted molar refractivity (Wildman–Crippen MR) is 82.1 cm³/mol. The van der Waals surface area contributed by atoms with Crippen LogP contribution in [0.1, 0.15) is 12.5 Å². The fraction of sp³-hybridized carbons (Fsp3) is 0.400. The summed E-state index contributed by atoms with van der Waals surface area (Å²) in [5.41, 5.74) is 8.07. The van der Waals surface area contributed by atoms with Crippen LogP contribution in [0, 0.1) is 0 Å². The number of rotatable bonds is 3. The zero-order valence-electron chi connectivity index (χ0n) is 12.1. The number of benzene rings is 1. The summed E-state index contributed by atoms with van der Waals surface area (Å²) >= 11 is 0. The van der Waals surface area contributed by atoms with Gasteiger partial charge in [-0.3, -0.25) is 0 Å². The molecule has 0 unspecified atom stereocenters. The van der Waals surface area contributed by atoms with E-state index in [0.717, 1.165) is 25.1 Å². The molecule has 2 aromatic rings. The molecule has 1 aromatic heterocycles. The molecule has 0 bridgehead atoms. The molecule has 3 rings (SSSR count). The molecule has 6 heteroatoms. The van der Waals surface area contributed by atoms with E-state index in [9.17, 15) is 0 Å². The Balaban J connectivity index is 1.96. The molecule has 2 heterocycles. The highest BCUT2D eigenvalue weighted by Crippen LogP contribution is 2.20. The molecule has 21 heavy (non-hydrogen) atoms. The van der Waals surface area contributed by atoms with E-state index < -0.39 is 0 Å². The smallest absolute Gasteiger partial charge is 0.230 e. The summed E-state index contributed by atoms with van der Waals surface area (Å²) < 4.78 is 5.35. The van der Waals surface area contributed by atoms with E-state index in [1.54, 1.807) is 0 Å². The van der Waals surface area contributed by atoms with Crippen LogP contribution in [-0.4, -0.2) is 41.3 Å². The van der Waals surface area contributed by atoms with Gasteiger partial charge in [0, 0.05) is 18.7 Å². The second-order valence-corrected chi connectivity index (χ2v) is 4.97. The Hall–Kier alpha value is -2.21. The fourth-order valence-electron chi connectivity index (χ4n) is 2.34. The van der Waals surface area contributed by atoms with Crippen LogP contribution in [0.15, 0.2) is 24.3 Å². The Morgan fingerprint density at radius 2 is 2.00 bits per heavy atom. The summed E-state index contributed by atoms with van der Waals surface area (Å²) in [4.78, 5) is 15.2. The van der Waals surface area contributed by atoms with Crippen molar-refractivity contribution in [3.05, 3.63) is 29.8 Å². The van der Waals surface area contributed by atoms with Crippen molar-refractivity contribution in [2.75, 3.05) is 36.9 Å². The first-order valence-corrected chi connectivity index (χ1v) is 7.20. The largest absolute Gasteiger partial charge is 0.378 e. The van der Waals surface area contributed by atoms with Gasteiger partial charge < -0.3 is 15.4 Å². The summed E-state index contributed by atoms with van der Waals surface area (Å²) in [6.45, 7) is 5.05. The molecule has 0 radical (unpaired) electrons. The summed E-state index contributed by atoms with van der Waals surface area (Å²) in [5.74, 6) is 1.50. The zero-order chi connectivity index (χ0) is 14.7. The molecule has 0 saturated carbocycles. The average Bonchev–Trinajstić information content (AvgIpc) is 2.55. The maximum Gasteiger partial charge on any atom is 0.230 e. The maximum atomic E-state index is 5.85. The number of anilines is 2. The van der Waals surface area contributed by atoms with Gasteiger partial charge in [-0.05, 0) is 18.1 Å². The van der Waals surface area contributed by atoms with Crippen molar-refractivity contribution < 1.29 is 4.74 Å². The second kappa shape index (κ2) is 6.05. The minimum atomic E-state index is 0.253. The Morgan fingerprint density at radius 3 is 2.76 bits per heavy atom. The molecule has 1 fully saturated rings. The first-order valence-electron chi connectivity index (χ1n) is 7.20. The molecule has 0 amide bonds. The van der Waals surface area contributed by atoms with Gasteiger partial charge in [-0.15, -0.1) is 0 Å². The Bertz CT molecular complexity index is 625. The molecule has 6 nitrogen and oxygen atoms in total. The number of hydrogen-bond acceptors (Lipinski definition) is 6. The van der Waals surface area contributed by atoms with Crippen molar-refractivity contribution >= 4 is 11.9 Å². The molecular weight excluding hydrogens is 266 g/mol. The van der Waals surface area contributed by atoms with Crippen LogP contribution < -0.4 is 10.6 Å². The van der Waals surface area contributed by atoms with Crippen molar-refractivity contribution in [3.8, 4) is 11.4 Å². The number of ether oxygens (including phenoxy) is 1. The van der Waals surface area contributed by atoms with E-state index in [0.29, 0.717) is 25.0 Å². The highest BCUT2D eigenvalue weighted by Gasteiger charge is 2.16. The quantitative estimate of drug-likeness (QED) is 0.921. The molecule has 0 atom stereocenters. The summed E-state index contributed by atoms with van der Waals surface area (Å²) in [6, 6.07) is 8.20. The molecule has 0 aliphatic carbocycles. The molecule has 0 spiro atoms. The molecule has 2 N–H and O–H groups in total. The minimum Gasteiger partial charge on any atom is -0.378 e. The summed E-state index contributed by atoms with van der Waals surface area (Å²) in [5, 5.41) is 0. The van der Waals surface area contributed by atoms with Gasteiger partial charge in [-0.25, -0.2) is 0 Å². The Kier molecular flexibility index (Phi) is 3.96. The van der Waals surface area contributed by atoms with Gasteiger partial charge in [-0.2, -0.15) is 15.0 Å². The van der Waals surface area contributed by atoms with Crippen molar-refractivity contribution in [1.29, 1.82) is 0 Å². The standard InChI is InChI=1S/C15H19N5O/c1-2-11-4-3-5-12(10-11)13-17-14(16)19-15(18-13)20-6-8-21-9-7-20/h3-5,10H,2,6-9H2,1H3,(H2,16,17,18,19). The van der Waals surface area contributed by atoms with Crippen LogP contribution in [0.3, 0.4) is 0 Å². The average molecular weight is 285 g/mol. The lowest BCUT2D eigenvalue weighted by Gasteiger charge is -2.26. The summed E-state index contributed by atoms with van der Waals surface area (Å²) in [6.07, 6.45) is 0.977. The van der Waals surface area contributed by atoms with Gasteiger partial charge in [-0.1, -0.05) is 25.1 Å². The Morgan fingerprint density at radius 1 is 1.19 bits per heavy atom. The van der Waals surface area contributed by atoms with Gasteiger partial charge in [0.25, 0.3) is 0 Å². The number of aromatic nitrogens is 3. The molecule has 1 saturated heterocycles. The number of nitrogen functional groups attached to an aromatic ring is 1. The van der Waals surface area contributed by atoms with Crippen LogP contribution in [0.5, 0.6) is 0 Å². The van der Waals surface area contributed by atoms with E-state index >= 15 is 0 Å². The van der Waals surface area contributed by atoms with E-state index in [1.807, 2.05) is 12.1 Å². The zero-order valence-corrected chi connectivity index (χ0v) is 12.1. The van der Waals surface area contributed by atoms with Crippen LogP contribution in [0.25, 0.3) is 11.4 Å². The van der Waals surface area contributed by atoms with Gasteiger partial charge in [0.1, 0.15) is 0 Å². The summed E-state index contributed by atoms with van der Waals surface area (Å²) in [7, 11) is 0. The van der Waals surface area contributed by atoms with Crippen molar-refractivity contribution in [1.82, 2.24) is 15.0 Å². The number of nitrogens with zero attached hydrogens (tertiary/aromatic N) is 4. The molecule has 1 aliphatic rings. The first kappa shape index (κ1) is 13.8. The van der Waals surface area contributed by atoms with Crippen LogP contribution in [0.2, 0.25) is 0 Å². The number of morpholine rings is 1. The third-order valence-corrected chi connectivity index (χ3v) is 3.53. The first-order chi connectivity index (χ1) is 10.3. The normalized spacial score (nSPS) is 15.2. The highest BCUT2D eigenvalue weighted by atomic mass is 16.5. The van der Waals surface area contributed by atoms with Crippen molar-refractivity contribution in [2.45, 2.75) is 13.3 Å². The second-order valence-electron chi connectivity index (χ2n) is 4.97. The van der Waals surface area contributed by atoms with Crippen LogP contribution in [-0.2, 0) is 11.2 Å². The van der Waals surface area contributed by atoms with E-state index in [2.05, 4.69) is 38.9 Å². The number of aryl methyl sites for hydroxylation is 1. The minimum absolute atomic E-state index is 0.253. The number of nitrogens with two attached hydrogens (primary N) is 1. The lowest BCUT2D eigenvalue weighted by atomic mass is 10.1. The molecular formula is C15H19N5O. The highest BCUT2D eigenvalue weighted by molar-refractivity contribution is 5.59. The van der Waals surface area contributed by atoms with Crippen LogP contribution in [0.4, 0.5) is 11.9 Å². The van der Waals surface area contributed by atoms with Crippen molar-refractivity contribution in [2.24, 2.45) is 0 Å². The van der Waals surface area contributed by atoms with Gasteiger partial charge in [0.15, 0.2) is 5.82 Å². The lowest BCUT2D eigenvalue weighted by Crippen LogP contribution is -2.37. The topological polar surface area (TPSA) is 77.2 Å². The van der Waals surface area contributed by atoms with E-state index in [4.69, 9.17) is 10.5 Å². The van der Waals surface area contributed by atoms with E-state index in [1.165, 1.54) is 5.56 Å². The molecule has 1 aromatic carbocycles. The third-order valence-electron chi connectivity index (χ3n) is 3.53. The lowest BCUT2D eigenvalue weighted by molar-refractivity contribution is 0.122. The predicted octanol–water partition coefficient (Wildman–Crippen LogP) is 1.52. The Labute approximate surface area is 124 Å². The monoisotopic (exact) mass is 285 g/mol. The van der Waals surface area contributed by atoms with Crippen LogP contribution >= 0.6 is 0 Å². The maximum absolute atomic E-state index is 5.85. The van der Waals surface area contributed by atoms with Gasteiger partial charge in [0.2, 0.25) is 11.9 Å².